The van der Waals surface area contributed by atoms with Crippen molar-refractivity contribution in [2.45, 2.75) is 32.7 Å². The Morgan fingerprint density at radius 1 is 1.62 bits per heavy atom. The molecule has 1 rings (SSSR count). The molecule has 90 valence electrons. The van der Waals surface area contributed by atoms with Crippen molar-refractivity contribution in [1.82, 2.24) is 14.7 Å². The summed E-state index contributed by atoms with van der Waals surface area (Å²) in [5.41, 5.74) is 6.06. The molecule has 0 aliphatic heterocycles. The summed E-state index contributed by atoms with van der Waals surface area (Å²) in [5.74, 6) is 0.321. The number of nitrogens with zero attached hydrogens (tertiary/aromatic N) is 3. The van der Waals surface area contributed by atoms with Gasteiger partial charge in [0.05, 0.1) is 6.20 Å². The lowest BCUT2D eigenvalue weighted by atomic mass is 9.99. The molecule has 0 aliphatic carbocycles. The zero-order chi connectivity index (χ0) is 12.5. The van der Waals surface area contributed by atoms with Gasteiger partial charge in [-0.1, -0.05) is 6.92 Å². The van der Waals surface area contributed by atoms with Crippen molar-refractivity contribution in [2.75, 3.05) is 12.8 Å². The predicted molar refractivity (Wildman–Crippen MR) is 64.1 cm³/mol. The number of amides is 1. The van der Waals surface area contributed by atoms with Gasteiger partial charge in [-0.2, -0.15) is 5.10 Å². The van der Waals surface area contributed by atoms with E-state index in [1.165, 1.54) is 10.9 Å². The van der Waals surface area contributed by atoms with E-state index in [1.54, 1.807) is 19.0 Å². The second-order valence-electron chi connectivity index (χ2n) is 4.60. The first-order valence-electron chi connectivity index (χ1n) is 5.37. The van der Waals surface area contributed by atoms with Crippen LogP contribution < -0.4 is 5.73 Å². The zero-order valence-electron chi connectivity index (χ0n) is 10.6. The molecular weight excluding hydrogens is 204 g/mol. The Hall–Kier alpha value is -1.52. The van der Waals surface area contributed by atoms with Crippen LogP contribution in [0.15, 0.2) is 6.20 Å². The Balaban J connectivity index is 2.99. The number of nitrogen functional groups attached to an aromatic ring is 1. The van der Waals surface area contributed by atoms with Gasteiger partial charge in [-0.3, -0.25) is 9.48 Å². The van der Waals surface area contributed by atoms with Gasteiger partial charge in [-0.15, -0.1) is 0 Å². The lowest BCUT2D eigenvalue weighted by Crippen LogP contribution is -2.44. The Labute approximate surface area is 96.2 Å². The number of aromatic nitrogens is 2. The summed E-state index contributed by atoms with van der Waals surface area (Å²) in [6.07, 6.45) is 2.40. The van der Waals surface area contributed by atoms with Crippen molar-refractivity contribution in [2.24, 2.45) is 7.05 Å². The highest BCUT2D eigenvalue weighted by atomic mass is 16.2. The quantitative estimate of drug-likeness (QED) is 0.840. The van der Waals surface area contributed by atoms with Crippen LogP contribution in [0.2, 0.25) is 0 Å². The SMILES string of the molecule is CCC(C)(C)N(C)C(=O)c1cnn(C)c1N. The molecule has 0 saturated carbocycles. The van der Waals surface area contributed by atoms with Crippen molar-refractivity contribution in [3.05, 3.63) is 11.8 Å². The molecule has 0 saturated heterocycles. The van der Waals surface area contributed by atoms with Gasteiger partial charge in [-0.05, 0) is 20.3 Å². The van der Waals surface area contributed by atoms with E-state index < -0.39 is 0 Å². The smallest absolute Gasteiger partial charge is 0.259 e. The first-order valence-corrected chi connectivity index (χ1v) is 5.37. The van der Waals surface area contributed by atoms with Crippen molar-refractivity contribution in [3.63, 3.8) is 0 Å². The molecular formula is C11H20N4O. The van der Waals surface area contributed by atoms with Crippen LogP contribution in [0.4, 0.5) is 5.82 Å². The van der Waals surface area contributed by atoms with Crippen molar-refractivity contribution in [3.8, 4) is 0 Å². The minimum absolute atomic E-state index is 0.0857. The van der Waals surface area contributed by atoms with Gasteiger partial charge in [0.25, 0.3) is 5.91 Å². The molecule has 1 aromatic rings. The summed E-state index contributed by atoms with van der Waals surface area (Å²) in [6.45, 7) is 6.10. The second kappa shape index (κ2) is 4.15. The average molecular weight is 224 g/mol. The number of nitrogens with two attached hydrogens (primary N) is 1. The number of carbonyl (C=O) groups excluding carboxylic acids is 1. The summed E-state index contributed by atoms with van der Waals surface area (Å²) in [7, 11) is 3.51. The minimum Gasteiger partial charge on any atom is -0.383 e. The Kier molecular flexibility index (Phi) is 3.26. The maximum Gasteiger partial charge on any atom is 0.259 e. The van der Waals surface area contributed by atoms with Gasteiger partial charge in [0.1, 0.15) is 11.4 Å². The Morgan fingerprint density at radius 3 is 2.56 bits per heavy atom. The standard InChI is InChI=1S/C11H20N4O/c1-6-11(2,3)14(4)10(16)8-7-13-15(5)9(8)12/h7H,6,12H2,1-5H3. The number of aryl methyl sites for hydroxylation is 1. The van der Waals surface area contributed by atoms with Crippen LogP contribution in [0.1, 0.15) is 37.6 Å². The molecule has 0 aliphatic rings. The number of carbonyl (C=O) groups is 1. The Bertz CT molecular complexity index is 395. The van der Waals surface area contributed by atoms with E-state index in [4.69, 9.17) is 5.73 Å². The van der Waals surface area contributed by atoms with Gasteiger partial charge in [0.2, 0.25) is 0 Å². The van der Waals surface area contributed by atoms with Gasteiger partial charge >= 0.3 is 0 Å². The van der Waals surface area contributed by atoms with E-state index in [1.807, 2.05) is 13.8 Å². The molecule has 1 heterocycles. The lowest BCUT2D eigenvalue weighted by Gasteiger charge is -2.34. The molecule has 0 radical (unpaired) electrons. The zero-order valence-corrected chi connectivity index (χ0v) is 10.6. The van der Waals surface area contributed by atoms with Crippen LogP contribution in [0.5, 0.6) is 0 Å². The van der Waals surface area contributed by atoms with Crippen LogP contribution in [0.3, 0.4) is 0 Å². The molecule has 5 heteroatoms. The fourth-order valence-corrected chi connectivity index (χ4v) is 1.30. The molecule has 0 atom stereocenters. The van der Waals surface area contributed by atoms with Crippen molar-refractivity contribution >= 4 is 11.7 Å². The van der Waals surface area contributed by atoms with Gasteiger partial charge in [0.15, 0.2) is 0 Å². The molecule has 1 aromatic heterocycles. The summed E-state index contributed by atoms with van der Waals surface area (Å²) < 4.78 is 1.50. The van der Waals surface area contributed by atoms with E-state index in [9.17, 15) is 4.79 Å². The molecule has 5 nitrogen and oxygen atoms in total. The maximum atomic E-state index is 12.2. The minimum atomic E-state index is -0.181. The topological polar surface area (TPSA) is 64.2 Å². The summed E-state index contributed by atoms with van der Waals surface area (Å²) >= 11 is 0. The highest BCUT2D eigenvalue weighted by Gasteiger charge is 2.28. The van der Waals surface area contributed by atoms with Crippen LogP contribution >= 0.6 is 0 Å². The third-order valence-corrected chi connectivity index (χ3v) is 3.29. The number of anilines is 1. The molecule has 0 spiro atoms. The number of hydrogen-bond acceptors (Lipinski definition) is 3. The maximum absolute atomic E-state index is 12.2. The third kappa shape index (κ3) is 2.03. The fourth-order valence-electron chi connectivity index (χ4n) is 1.30. The number of rotatable bonds is 3. The first-order chi connectivity index (χ1) is 7.31. The molecule has 16 heavy (non-hydrogen) atoms. The van der Waals surface area contributed by atoms with E-state index in [0.717, 1.165) is 6.42 Å². The highest BCUT2D eigenvalue weighted by Crippen LogP contribution is 2.21. The predicted octanol–water partition coefficient (Wildman–Crippen LogP) is 1.26. The molecule has 0 aromatic carbocycles. The number of hydrogen-bond donors (Lipinski definition) is 1. The van der Waals surface area contributed by atoms with Crippen molar-refractivity contribution in [1.29, 1.82) is 0 Å². The third-order valence-electron chi connectivity index (χ3n) is 3.29. The first kappa shape index (κ1) is 12.5. The monoisotopic (exact) mass is 224 g/mol. The molecule has 2 N–H and O–H groups in total. The van der Waals surface area contributed by atoms with E-state index >= 15 is 0 Å². The fraction of sp³-hybridized carbons (Fsp3) is 0.636. The van der Waals surface area contributed by atoms with Crippen molar-refractivity contribution < 1.29 is 4.79 Å². The highest BCUT2D eigenvalue weighted by molar-refractivity contribution is 5.98. The summed E-state index contributed by atoms with van der Waals surface area (Å²) in [6, 6.07) is 0. The van der Waals surface area contributed by atoms with Crippen LogP contribution in [0, 0.1) is 0 Å². The molecule has 1 amide bonds. The summed E-state index contributed by atoms with van der Waals surface area (Å²) in [4.78, 5) is 13.9. The van der Waals surface area contributed by atoms with E-state index in [-0.39, 0.29) is 11.4 Å². The van der Waals surface area contributed by atoms with Crippen LogP contribution in [-0.4, -0.2) is 33.2 Å². The van der Waals surface area contributed by atoms with Gasteiger partial charge in [0, 0.05) is 19.6 Å². The summed E-state index contributed by atoms with van der Waals surface area (Å²) in [5, 5.41) is 3.97. The average Bonchev–Trinajstić information content (AvgIpc) is 2.58. The van der Waals surface area contributed by atoms with Crippen LogP contribution in [0.25, 0.3) is 0 Å². The molecule has 0 unspecified atom stereocenters. The van der Waals surface area contributed by atoms with E-state index in [2.05, 4.69) is 12.0 Å². The van der Waals surface area contributed by atoms with E-state index in [0.29, 0.717) is 11.4 Å². The second-order valence-corrected chi connectivity index (χ2v) is 4.60. The van der Waals surface area contributed by atoms with Gasteiger partial charge < -0.3 is 10.6 Å². The lowest BCUT2D eigenvalue weighted by molar-refractivity contribution is 0.0621. The van der Waals surface area contributed by atoms with Crippen LogP contribution in [-0.2, 0) is 7.05 Å². The van der Waals surface area contributed by atoms with Gasteiger partial charge in [-0.25, -0.2) is 0 Å². The normalized spacial score (nSPS) is 11.6. The molecule has 0 bridgehead atoms. The largest absolute Gasteiger partial charge is 0.383 e. The molecule has 0 fully saturated rings. The Morgan fingerprint density at radius 2 is 2.19 bits per heavy atom.